The van der Waals surface area contributed by atoms with E-state index >= 15 is 0 Å². The van der Waals surface area contributed by atoms with Crippen LogP contribution in [0.1, 0.15) is 12.8 Å². The zero-order chi connectivity index (χ0) is 11.4. The number of nitrogens with zero attached hydrogens (tertiary/aromatic N) is 2. The van der Waals surface area contributed by atoms with Gasteiger partial charge in [-0.05, 0) is 33.5 Å². The van der Waals surface area contributed by atoms with Crippen molar-refractivity contribution >= 4 is 0 Å². The van der Waals surface area contributed by atoms with E-state index in [2.05, 4.69) is 29.2 Å². The molecule has 1 N–H and O–H groups in total. The highest BCUT2D eigenvalue weighted by molar-refractivity contribution is 4.82. The van der Waals surface area contributed by atoms with Gasteiger partial charge < -0.3 is 19.9 Å². The van der Waals surface area contributed by atoms with E-state index in [1.165, 1.54) is 25.9 Å². The lowest BCUT2D eigenvalue weighted by atomic mass is 10.0. The Bertz CT molecular complexity index is 204. The van der Waals surface area contributed by atoms with Crippen molar-refractivity contribution in [2.75, 3.05) is 53.5 Å². The molecule has 2 saturated heterocycles. The molecule has 0 radical (unpaired) electrons. The molecule has 2 heterocycles. The minimum atomic E-state index is 0.537. The standard InChI is InChI=1S/C12H25N3O/c1-14(2)12-4-3-6-15(9-12)8-11-10-16-7-5-13-11/h11-13H,3-10H2,1-2H3. The van der Waals surface area contributed by atoms with Gasteiger partial charge in [-0.15, -0.1) is 0 Å². The van der Waals surface area contributed by atoms with E-state index in [0.29, 0.717) is 6.04 Å². The summed E-state index contributed by atoms with van der Waals surface area (Å²) in [7, 11) is 4.38. The van der Waals surface area contributed by atoms with Crippen LogP contribution < -0.4 is 5.32 Å². The SMILES string of the molecule is CN(C)C1CCCN(CC2COCCN2)C1. The second-order valence-corrected chi connectivity index (χ2v) is 5.25. The van der Waals surface area contributed by atoms with Gasteiger partial charge in [0, 0.05) is 31.7 Å². The van der Waals surface area contributed by atoms with E-state index in [0.717, 1.165) is 32.3 Å². The summed E-state index contributed by atoms with van der Waals surface area (Å²) < 4.78 is 5.50. The quantitative estimate of drug-likeness (QED) is 0.734. The van der Waals surface area contributed by atoms with Gasteiger partial charge in [0.05, 0.1) is 13.2 Å². The number of morpholine rings is 1. The van der Waals surface area contributed by atoms with Crippen LogP contribution in [-0.2, 0) is 4.74 Å². The van der Waals surface area contributed by atoms with Crippen LogP contribution in [0, 0.1) is 0 Å². The van der Waals surface area contributed by atoms with Gasteiger partial charge in [-0.3, -0.25) is 0 Å². The van der Waals surface area contributed by atoms with Crippen molar-refractivity contribution in [3.63, 3.8) is 0 Å². The second kappa shape index (κ2) is 5.96. The average Bonchev–Trinajstić information content (AvgIpc) is 2.30. The third kappa shape index (κ3) is 3.42. The molecule has 0 aliphatic carbocycles. The summed E-state index contributed by atoms with van der Waals surface area (Å²) in [5.41, 5.74) is 0. The molecular weight excluding hydrogens is 202 g/mol. The Morgan fingerprint density at radius 1 is 1.44 bits per heavy atom. The number of hydrogen-bond donors (Lipinski definition) is 1. The molecule has 2 atom stereocenters. The van der Waals surface area contributed by atoms with Gasteiger partial charge in [0.15, 0.2) is 0 Å². The first-order chi connectivity index (χ1) is 7.75. The predicted octanol–water partition coefficient (Wildman–Crippen LogP) is 0.000800. The summed E-state index contributed by atoms with van der Waals surface area (Å²) >= 11 is 0. The lowest BCUT2D eigenvalue weighted by Gasteiger charge is -2.38. The topological polar surface area (TPSA) is 27.7 Å². The number of ether oxygens (including phenoxy) is 1. The Balaban J connectivity index is 1.75. The Morgan fingerprint density at radius 3 is 3.00 bits per heavy atom. The number of hydrogen-bond acceptors (Lipinski definition) is 4. The Hall–Kier alpha value is -0.160. The molecule has 0 bridgehead atoms. The highest BCUT2D eigenvalue weighted by Crippen LogP contribution is 2.14. The molecule has 0 saturated carbocycles. The van der Waals surface area contributed by atoms with Crippen LogP contribution in [0.15, 0.2) is 0 Å². The average molecular weight is 227 g/mol. The van der Waals surface area contributed by atoms with Crippen molar-refractivity contribution in [2.24, 2.45) is 0 Å². The van der Waals surface area contributed by atoms with E-state index < -0.39 is 0 Å². The van der Waals surface area contributed by atoms with Gasteiger partial charge in [0.25, 0.3) is 0 Å². The van der Waals surface area contributed by atoms with E-state index in [1.807, 2.05) is 0 Å². The predicted molar refractivity (Wildman–Crippen MR) is 65.8 cm³/mol. The van der Waals surface area contributed by atoms with E-state index in [9.17, 15) is 0 Å². The molecule has 0 aromatic carbocycles. The summed E-state index contributed by atoms with van der Waals surface area (Å²) in [4.78, 5) is 4.94. The van der Waals surface area contributed by atoms with Crippen molar-refractivity contribution in [1.29, 1.82) is 0 Å². The van der Waals surface area contributed by atoms with Crippen LogP contribution in [0.2, 0.25) is 0 Å². The number of rotatable bonds is 3. The van der Waals surface area contributed by atoms with E-state index in [4.69, 9.17) is 4.74 Å². The number of likely N-dealkylation sites (tertiary alicyclic amines) is 1. The third-order valence-corrected chi connectivity index (χ3v) is 3.69. The van der Waals surface area contributed by atoms with Gasteiger partial charge in [0.1, 0.15) is 0 Å². The molecule has 2 rings (SSSR count). The molecule has 2 aliphatic heterocycles. The third-order valence-electron chi connectivity index (χ3n) is 3.69. The van der Waals surface area contributed by atoms with Crippen LogP contribution in [0.4, 0.5) is 0 Å². The second-order valence-electron chi connectivity index (χ2n) is 5.25. The van der Waals surface area contributed by atoms with Crippen molar-refractivity contribution in [1.82, 2.24) is 15.1 Å². The maximum atomic E-state index is 5.50. The molecule has 94 valence electrons. The van der Waals surface area contributed by atoms with Gasteiger partial charge in [-0.2, -0.15) is 0 Å². The highest BCUT2D eigenvalue weighted by atomic mass is 16.5. The number of nitrogens with one attached hydrogen (secondary N) is 1. The number of likely N-dealkylation sites (N-methyl/N-ethyl adjacent to an activating group) is 1. The lowest BCUT2D eigenvalue weighted by molar-refractivity contribution is 0.0500. The van der Waals surface area contributed by atoms with Crippen molar-refractivity contribution in [3.05, 3.63) is 0 Å². The molecule has 2 fully saturated rings. The first-order valence-corrected chi connectivity index (χ1v) is 6.45. The zero-order valence-corrected chi connectivity index (χ0v) is 10.6. The Kier molecular flexibility index (Phi) is 4.58. The van der Waals surface area contributed by atoms with Crippen LogP contribution in [0.5, 0.6) is 0 Å². The summed E-state index contributed by atoms with van der Waals surface area (Å²) in [6.07, 6.45) is 2.68. The largest absolute Gasteiger partial charge is 0.378 e. The number of piperidine rings is 1. The maximum Gasteiger partial charge on any atom is 0.0632 e. The van der Waals surface area contributed by atoms with Crippen molar-refractivity contribution in [2.45, 2.75) is 24.9 Å². The lowest BCUT2D eigenvalue weighted by Crippen LogP contribution is -2.52. The fourth-order valence-corrected chi connectivity index (χ4v) is 2.67. The van der Waals surface area contributed by atoms with Crippen LogP contribution in [0.3, 0.4) is 0 Å². The first kappa shape index (κ1) is 12.3. The van der Waals surface area contributed by atoms with Crippen molar-refractivity contribution in [3.8, 4) is 0 Å². The Morgan fingerprint density at radius 2 is 2.31 bits per heavy atom. The minimum absolute atomic E-state index is 0.537. The maximum absolute atomic E-state index is 5.50. The van der Waals surface area contributed by atoms with Crippen LogP contribution in [-0.4, -0.2) is 75.4 Å². The monoisotopic (exact) mass is 227 g/mol. The van der Waals surface area contributed by atoms with Gasteiger partial charge in [0.2, 0.25) is 0 Å². The molecule has 16 heavy (non-hydrogen) atoms. The molecule has 0 amide bonds. The molecule has 0 spiro atoms. The summed E-state index contributed by atoms with van der Waals surface area (Å²) in [6.45, 7) is 6.37. The molecule has 2 aliphatic rings. The fraction of sp³-hybridized carbons (Fsp3) is 1.00. The summed E-state index contributed by atoms with van der Waals surface area (Å²) in [5.74, 6) is 0. The zero-order valence-electron chi connectivity index (χ0n) is 10.6. The van der Waals surface area contributed by atoms with Crippen LogP contribution in [0.25, 0.3) is 0 Å². The molecule has 4 nitrogen and oxygen atoms in total. The molecule has 0 aromatic rings. The molecular formula is C12H25N3O. The summed E-state index contributed by atoms with van der Waals surface area (Å²) in [6, 6.07) is 1.27. The van der Waals surface area contributed by atoms with Crippen molar-refractivity contribution < 1.29 is 4.74 Å². The van der Waals surface area contributed by atoms with Crippen LogP contribution >= 0.6 is 0 Å². The molecule has 2 unspecified atom stereocenters. The fourth-order valence-electron chi connectivity index (χ4n) is 2.67. The first-order valence-electron chi connectivity index (χ1n) is 6.45. The molecule has 4 heteroatoms. The molecule has 0 aromatic heterocycles. The van der Waals surface area contributed by atoms with Gasteiger partial charge >= 0.3 is 0 Å². The van der Waals surface area contributed by atoms with Gasteiger partial charge in [-0.25, -0.2) is 0 Å². The van der Waals surface area contributed by atoms with E-state index in [1.54, 1.807) is 0 Å². The van der Waals surface area contributed by atoms with Gasteiger partial charge in [-0.1, -0.05) is 0 Å². The summed E-state index contributed by atoms with van der Waals surface area (Å²) in [5, 5.41) is 3.53. The smallest absolute Gasteiger partial charge is 0.0632 e. The minimum Gasteiger partial charge on any atom is -0.378 e. The Labute approximate surface area is 98.9 Å². The normalized spacial score (nSPS) is 33.2. The van der Waals surface area contributed by atoms with E-state index in [-0.39, 0.29) is 0 Å². The highest BCUT2D eigenvalue weighted by Gasteiger charge is 2.24.